The van der Waals surface area contributed by atoms with E-state index >= 15 is 0 Å². The van der Waals surface area contributed by atoms with Crippen LogP contribution in [0.1, 0.15) is 22.9 Å². The van der Waals surface area contributed by atoms with Gasteiger partial charge in [-0.05, 0) is 13.3 Å². The summed E-state index contributed by atoms with van der Waals surface area (Å²) < 4.78 is 0. The smallest absolute Gasteiger partial charge is 0.271 e. The monoisotopic (exact) mass is 182 g/mol. The van der Waals surface area contributed by atoms with Crippen LogP contribution in [-0.2, 0) is 4.84 Å². The van der Waals surface area contributed by atoms with Crippen molar-refractivity contribution in [2.75, 3.05) is 13.2 Å². The molecule has 1 amide bonds. The maximum absolute atomic E-state index is 11.5. The molecule has 1 saturated heterocycles. The molecule has 1 aliphatic heterocycles. The number of amides is 1. The van der Waals surface area contributed by atoms with Gasteiger partial charge in [0.2, 0.25) is 5.82 Å². The minimum absolute atomic E-state index is 0.166. The van der Waals surface area contributed by atoms with E-state index in [0.29, 0.717) is 19.0 Å². The van der Waals surface area contributed by atoms with E-state index in [1.807, 2.05) is 0 Å². The zero-order chi connectivity index (χ0) is 9.26. The average Bonchev–Trinajstić information content (AvgIpc) is 2.72. The number of hydrogen-bond acceptors (Lipinski definition) is 4. The van der Waals surface area contributed by atoms with E-state index in [4.69, 9.17) is 4.84 Å². The molecular weight excluding hydrogens is 172 g/mol. The predicted molar refractivity (Wildman–Crippen MR) is 42.7 cm³/mol. The lowest BCUT2D eigenvalue weighted by Gasteiger charge is -2.10. The van der Waals surface area contributed by atoms with Crippen molar-refractivity contribution in [3.63, 3.8) is 0 Å². The van der Waals surface area contributed by atoms with Gasteiger partial charge in [0.15, 0.2) is 0 Å². The van der Waals surface area contributed by atoms with Gasteiger partial charge in [0, 0.05) is 0 Å². The van der Waals surface area contributed by atoms with Crippen molar-refractivity contribution in [1.82, 2.24) is 20.2 Å². The molecule has 0 spiro atoms. The highest BCUT2D eigenvalue weighted by molar-refractivity contribution is 5.89. The molecule has 2 heterocycles. The Morgan fingerprint density at radius 1 is 1.69 bits per heavy atom. The highest BCUT2D eigenvalue weighted by atomic mass is 16.7. The zero-order valence-electron chi connectivity index (χ0n) is 7.28. The Morgan fingerprint density at radius 3 is 3.08 bits per heavy atom. The summed E-state index contributed by atoms with van der Waals surface area (Å²) in [5.74, 6) is 0.517. The second kappa shape index (κ2) is 3.14. The van der Waals surface area contributed by atoms with Crippen molar-refractivity contribution < 1.29 is 9.63 Å². The van der Waals surface area contributed by atoms with Gasteiger partial charge in [-0.2, -0.15) is 0 Å². The van der Waals surface area contributed by atoms with Crippen LogP contribution >= 0.6 is 0 Å². The standard InChI is InChI=1S/C7H10N4O2/c1-5-8-6(10-9-5)7(12)11-3-2-4-13-11/h2-4H2,1H3,(H,8,9,10). The fourth-order valence-electron chi connectivity index (χ4n) is 1.16. The molecule has 0 radical (unpaired) electrons. The fraction of sp³-hybridized carbons (Fsp3) is 0.571. The number of carbonyl (C=O) groups is 1. The molecule has 1 aliphatic rings. The van der Waals surface area contributed by atoms with Gasteiger partial charge in [-0.3, -0.25) is 14.7 Å². The van der Waals surface area contributed by atoms with E-state index in [2.05, 4.69) is 15.2 Å². The topological polar surface area (TPSA) is 71.1 Å². The van der Waals surface area contributed by atoms with Crippen molar-refractivity contribution in [1.29, 1.82) is 0 Å². The van der Waals surface area contributed by atoms with Crippen molar-refractivity contribution in [2.24, 2.45) is 0 Å². The number of nitrogens with zero attached hydrogens (tertiary/aromatic N) is 3. The molecule has 13 heavy (non-hydrogen) atoms. The zero-order valence-corrected chi connectivity index (χ0v) is 7.28. The number of aromatic amines is 1. The molecular formula is C7H10N4O2. The van der Waals surface area contributed by atoms with Crippen LogP contribution in [0.4, 0.5) is 0 Å². The third-order valence-corrected chi connectivity index (χ3v) is 1.77. The summed E-state index contributed by atoms with van der Waals surface area (Å²) in [6.45, 7) is 2.95. The quantitative estimate of drug-likeness (QED) is 0.657. The second-order valence-corrected chi connectivity index (χ2v) is 2.84. The molecule has 1 aromatic rings. The number of rotatable bonds is 1. The number of carbonyl (C=O) groups excluding carboxylic acids is 1. The Kier molecular flexibility index (Phi) is 1.97. The number of aryl methyl sites for hydroxylation is 1. The van der Waals surface area contributed by atoms with Crippen LogP contribution in [0.5, 0.6) is 0 Å². The highest BCUT2D eigenvalue weighted by Gasteiger charge is 2.23. The first-order chi connectivity index (χ1) is 6.27. The van der Waals surface area contributed by atoms with Crippen LogP contribution in [0, 0.1) is 6.92 Å². The lowest BCUT2D eigenvalue weighted by molar-refractivity contribution is -0.0775. The van der Waals surface area contributed by atoms with Crippen LogP contribution in [0.3, 0.4) is 0 Å². The molecule has 2 rings (SSSR count). The summed E-state index contributed by atoms with van der Waals surface area (Å²) >= 11 is 0. The van der Waals surface area contributed by atoms with Crippen LogP contribution in [-0.4, -0.2) is 39.3 Å². The van der Waals surface area contributed by atoms with E-state index in [9.17, 15) is 4.79 Å². The number of aromatic nitrogens is 3. The number of H-pyrrole nitrogens is 1. The van der Waals surface area contributed by atoms with Crippen molar-refractivity contribution in [3.05, 3.63) is 11.6 Å². The molecule has 0 bridgehead atoms. The van der Waals surface area contributed by atoms with E-state index in [1.165, 1.54) is 5.06 Å². The maximum atomic E-state index is 11.5. The van der Waals surface area contributed by atoms with Gasteiger partial charge in [0.25, 0.3) is 0 Å². The SMILES string of the molecule is Cc1nc(C(=O)N2CCCO2)n[nH]1. The van der Waals surface area contributed by atoms with Crippen LogP contribution in [0.25, 0.3) is 0 Å². The van der Waals surface area contributed by atoms with Crippen molar-refractivity contribution in [3.8, 4) is 0 Å². The van der Waals surface area contributed by atoms with Crippen molar-refractivity contribution in [2.45, 2.75) is 13.3 Å². The Balaban J connectivity index is 2.12. The fourth-order valence-corrected chi connectivity index (χ4v) is 1.16. The summed E-state index contributed by atoms with van der Waals surface area (Å²) in [7, 11) is 0. The second-order valence-electron chi connectivity index (χ2n) is 2.84. The van der Waals surface area contributed by atoms with E-state index < -0.39 is 0 Å². The molecule has 1 N–H and O–H groups in total. The van der Waals surface area contributed by atoms with Crippen molar-refractivity contribution >= 4 is 5.91 Å². The molecule has 6 nitrogen and oxygen atoms in total. The average molecular weight is 182 g/mol. The number of hydrogen-bond donors (Lipinski definition) is 1. The van der Waals surface area contributed by atoms with Gasteiger partial charge >= 0.3 is 5.91 Å². The lowest BCUT2D eigenvalue weighted by atomic mass is 10.4. The van der Waals surface area contributed by atoms with Gasteiger partial charge in [0.1, 0.15) is 5.82 Å². The van der Waals surface area contributed by atoms with Crippen LogP contribution in [0.15, 0.2) is 0 Å². The summed E-state index contributed by atoms with van der Waals surface area (Å²) in [4.78, 5) is 20.5. The highest BCUT2D eigenvalue weighted by Crippen LogP contribution is 2.07. The first-order valence-electron chi connectivity index (χ1n) is 4.11. The maximum Gasteiger partial charge on any atom is 0.317 e. The minimum atomic E-state index is -0.276. The first-order valence-corrected chi connectivity index (χ1v) is 4.11. The Bertz CT molecular complexity index is 316. The molecule has 0 aromatic carbocycles. The summed E-state index contributed by atoms with van der Waals surface area (Å²) in [5.41, 5.74) is 0. The number of hydroxylamine groups is 2. The Morgan fingerprint density at radius 2 is 2.54 bits per heavy atom. The molecule has 0 atom stereocenters. The van der Waals surface area contributed by atoms with Gasteiger partial charge < -0.3 is 0 Å². The summed E-state index contributed by atoms with van der Waals surface area (Å²) in [5, 5.41) is 7.66. The molecule has 1 fully saturated rings. The minimum Gasteiger partial charge on any atom is -0.271 e. The summed E-state index contributed by atoms with van der Waals surface area (Å²) in [6, 6.07) is 0. The molecule has 1 aromatic heterocycles. The van der Waals surface area contributed by atoms with Crippen LogP contribution < -0.4 is 0 Å². The Labute approximate surface area is 74.9 Å². The number of nitrogens with one attached hydrogen (secondary N) is 1. The largest absolute Gasteiger partial charge is 0.317 e. The van der Waals surface area contributed by atoms with E-state index in [-0.39, 0.29) is 11.7 Å². The molecule has 6 heteroatoms. The van der Waals surface area contributed by atoms with E-state index in [1.54, 1.807) is 6.92 Å². The molecule has 70 valence electrons. The lowest BCUT2D eigenvalue weighted by Crippen LogP contribution is -2.27. The third kappa shape index (κ3) is 1.52. The van der Waals surface area contributed by atoms with Gasteiger partial charge in [-0.1, -0.05) is 0 Å². The first kappa shape index (κ1) is 8.18. The third-order valence-electron chi connectivity index (χ3n) is 1.77. The Hall–Kier alpha value is -1.43. The normalized spacial score (nSPS) is 16.5. The van der Waals surface area contributed by atoms with E-state index in [0.717, 1.165) is 6.42 Å². The molecule has 0 saturated carbocycles. The predicted octanol–water partition coefficient (Wildman–Crippen LogP) is -0.109. The van der Waals surface area contributed by atoms with Gasteiger partial charge in [-0.25, -0.2) is 10.0 Å². The summed E-state index contributed by atoms with van der Waals surface area (Å²) in [6.07, 6.45) is 0.870. The van der Waals surface area contributed by atoms with Gasteiger partial charge in [0.05, 0.1) is 13.2 Å². The van der Waals surface area contributed by atoms with Gasteiger partial charge in [-0.15, -0.1) is 5.10 Å². The molecule has 0 unspecified atom stereocenters. The van der Waals surface area contributed by atoms with Crippen LogP contribution in [0.2, 0.25) is 0 Å². The molecule has 0 aliphatic carbocycles.